The van der Waals surface area contributed by atoms with E-state index >= 15 is 0 Å². The number of nitrogens with zero attached hydrogens (tertiary/aromatic N) is 1. The number of H-pyrrole nitrogens is 1. The van der Waals surface area contributed by atoms with Gasteiger partial charge in [-0.1, -0.05) is 0 Å². The first-order chi connectivity index (χ1) is 10.2. The Morgan fingerprint density at radius 3 is 2.67 bits per heavy atom. The molecule has 1 fully saturated rings. The lowest BCUT2D eigenvalue weighted by molar-refractivity contribution is 0.0741. The van der Waals surface area contributed by atoms with Gasteiger partial charge in [-0.2, -0.15) is 0 Å². The zero-order valence-corrected chi connectivity index (χ0v) is 13.3. The highest BCUT2D eigenvalue weighted by Crippen LogP contribution is 2.34. The van der Waals surface area contributed by atoms with Gasteiger partial charge in [0.1, 0.15) is 0 Å². The second-order valence-electron chi connectivity index (χ2n) is 5.32. The minimum atomic E-state index is 0.187. The van der Waals surface area contributed by atoms with Gasteiger partial charge in [-0.05, 0) is 32.0 Å². The van der Waals surface area contributed by atoms with Crippen molar-refractivity contribution in [1.82, 2.24) is 9.55 Å². The third kappa shape index (κ3) is 2.42. The number of rotatable bonds is 4. The summed E-state index contributed by atoms with van der Waals surface area (Å²) in [5, 5.41) is 0. The Bertz CT molecular complexity index is 701. The fraction of sp³-hybridized carbons (Fsp3) is 0.533. The zero-order valence-electron chi connectivity index (χ0n) is 12.5. The molecule has 2 aromatic rings. The lowest BCUT2D eigenvalue weighted by atomic mass is 10.1. The molecule has 0 spiro atoms. The SMILES string of the molecule is COc1cc2[nH]c(=S)n(C(C)C3CCCO3)c2cc1OC. The molecule has 1 aliphatic rings. The standard InChI is InChI=1S/C15H20N2O3S/c1-9(12-5-4-6-20-12)17-11-8-14(19-3)13(18-2)7-10(11)16-15(17)21/h7-9,12H,4-6H2,1-3H3,(H,16,21). The Kier molecular flexibility index (Phi) is 3.91. The Morgan fingerprint density at radius 1 is 1.33 bits per heavy atom. The van der Waals surface area contributed by atoms with E-state index in [1.54, 1.807) is 14.2 Å². The molecule has 1 aromatic carbocycles. The third-order valence-corrected chi connectivity index (χ3v) is 4.43. The summed E-state index contributed by atoms with van der Waals surface area (Å²) in [6, 6.07) is 4.07. The van der Waals surface area contributed by atoms with Gasteiger partial charge in [0.05, 0.1) is 37.4 Å². The molecule has 21 heavy (non-hydrogen) atoms. The number of fused-ring (bicyclic) bond motifs is 1. The Labute approximate surface area is 128 Å². The van der Waals surface area contributed by atoms with Crippen LogP contribution >= 0.6 is 12.2 Å². The van der Waals surface area contributed by atoms with E-state index in [1.807, 2.05) is 12.1 Å². The van der Waals surface area contributed by atoms with Crippen LogP contribution in [0.1, 0.15) is 25.8 Å². The number of benzene rings is 1. The topological polar surface area (TPSA) is 48.4 Å². The molecular weight excluding hydrogens is 288 g/mol. The fourth-order valence-corrected chi connectivity index (χ4v) is 3.38. The highest BCUT2D eigenvalue weighted by molar-refractivity contribution is 7.71. The second kappa shape index (κ2) is 5.69. The first-order valence-corrected chi connectivity index (χ1v) is 7.54. The first kappa shape index (κ1) is 14.4. The van der Waals surface area contributed by atoms with E-state index in [9.17, 15) is 0 Å². The molecule has 0 saturated carbocycles. The van der Waals surface area contributed by atoms with Gasteiger partial charge in [0, 0.05) is 18.7 Å². The Hall–Kier alpha value is -1.53. The molecule has 2 unspecified atom stereocenters. The molecule has 0 bridgehead atoms. The van der Waals surface area contributed by atoms with Gasteiger partial charge in [-0.15, -0.1) is 0 Å². The molecule has 2 atom stereocenters. The molecule has 2 heterocycles. The van der Waals surface area contributed by atoms with Crippen molar-refractivity contribution in [1.29, 1.82) is 0 Å². The van der Waals surface area contributed by atoms with E-state index in [0.717, 1.165) is 30.5 Å². The van der Waals surface area contributed by atoms with E-state index in [-0.39, 0.29) is 12.1 Å². The van der Waals surface area contributed by atoms with E-state index < -0.39 is 0 Å². The molecule has 0 radical (unpaired) electrons. The predicted molar refractivity (Wildman–Crippen MR) is 83.9 cm³/mol. The molecule has 1 aromatic heterocycles. The monoisotopic (exact) mass is 308 g/mol. The summed E-state index contributed by atoms with van der Waals surface area (Å²) in [6.45, 7) is 2.98. The summed E-state index contributed by atoms with van der Waals surface area (Å²) in [5.74, 6) is 1.39. The van der Waals surface area contributed by atoms with Crippen molar-refractivity contribution in [2.45, 2.75) is 31.9 Å². The summed E-state index contributed by atoms with van der Waals surface area (Å²) in [4.78, 5) is 3.24. The van der Waals surface area contributed by atoms with Crippen molar-refractivity contribution in [2.24, 2.45) is 0 Å². The summed E-state index contributed by atoms with van der Waals surface area (Å²) in [6.07, 6.45) is 2.40. The molecule has 1 aliphatic heterocycles. The summed E-state index contributed by atoms with van der Waals surface area (Å²) < 4.78 is 19.4. The summed E-state index contributed by atoms with van der Waals surface area (Å²) >= 11 is 5.49. The highest BCUT2D eigenvalue weighted by Gasteiger charge is 2.26. The van der Waals surface area contributed by atoms with Gasteiger partial charge in [-0.25, -0.2) is 0 Å². The van der Waals surface area contributed by atoms with Crippen LogP contribution in [0.15, 0.2) is 12.1 Å². The van der Waals surface area contributed by atoms with Crippen LogP contribution in [-0.4, -0.2) is 36.5 Å². The molecule has 3 rings (SSSR count). The quantitative estimate of drug-likeness (QED) is 0.879. The predicted octanol–water partition coefficient (Wildman–Crippen LogP) is 3.46. The van der Waals surface area contributed by atoms with Crippen LogP contribution in [0.25, 0.3) is 11.0 Å². The average Bonchev–Trinajstić information content (AvgIpc) is 3.11. The highest BCUT2D eigenvalue weighted by atomic mass is 32.1. The second-order valence-corrected chi connectivity index (χ2v) is 5.70. The molecule has 0 aliphatic carbocycles. The fourth-order valence-electron chi connectivity index (χ4n) is 3.01. The Morgan fingerprint density at radius 2 is 2.05 bits per heavy atom. The minimum absolute atomic E-state index is 0.187. The maximum Gasteiger partial charge on any atom is 0.178 e. The number of methoxy groups -OCH3 is 2. The smallest absolute Gasteiger partial charge is 0.178 e. The molecule has 6 heteroatoms. The van der Waals surface area contributed by atoms with Crippen molar-refractivity contribution in [3.63, 3.8) is 0 Å². The van der Waals surface area contributed by atoms with Crippen molar-refractivity contribution in [3.05, 3.63) is 16.9 Å². The zero-order chi connectivity index (χ0) is 15.0. The van der Waals surface area contributed by atoms with Gasteiger partial charge >= 0.3 is 0 Å². The van der Waals surface area contributed by atoms with Gasteiger partial charge < -0.3 is 23.8 Å². The van der Waals surface area contributed by atoms with Crippen LogP contribution < -0.4 is 9.47 Å². The van der Waals surface area contributed by atoms with E-state index in [1.165, 1.54) is 0 Å². The van der Waals surface area contributed by atoms with E-state index in [0.29, 0.717) is 16.3 Å². The number of hydrogen-bond donors (Lipinski definition) is 1. The molecule has 0 amide bonds. The van der Waals surface area contributed by atoms with Crippen molar-refractivity contribution in [3.8, 4) is 11.5 Å². The first-order valence-electron chi connectivity index (χ1n) is 7.13. The lowest BCUT2D eigenvalue weighted by Crippen LogP contribution is -2.20. The van der Waals surface area contributed by atoms with Crippen LogP contribution in [0.5, 0.6) is 11.5 Å². The maximum absolute atomic E-state index is 5.81. The van der Waals surface area contributed by atoms with Crippen LogP contribution in [-0.2, 0) is 4.74 Å². The third-order valence-electron chi connectivity index (χ3n) is 4.13. The summed E-state index contributed by atoms with van der Waals surface area (Å²) in [5.41, 5.74) is 1.96. The van der Waals surface area contributed by atoms with Gasteiger partial charge in [0.2, 0.25) is 0 Å². The minimum Gasteiger partial charge on any atom is -0.493 e. The van der Waals surface area contributed by atoms with Crippen LogP contribution in [0.4, 0.5) is 0 Å². The van der Waals surface area contributed by atoms with E-state index in [4.69, 9.17) is 26.4 Å². The molecule has 1 saturated heterocycles. The molecule has 1 N–H and O–H groups in total. The van der Waals surface area contributed by atoms with Crippen molar-refractivity contribution >= 4 is 23.3 Å². The number of aromatic nitrogens is 2. The maximum atomic E-state index is 5.81. The van der Waals surface area contributed by atoms with Crippen LogP contribution in [0.2, 0.25) is 0 Å². The normalized spacial score (nSPS) is 19.9. The largest absolute Gasteiger partial charge is 0.493 e. The van der Waals surface area contributed by atoms with Gasteiger partial charge in [0.15, 0.2) is 16.3 Å². The molecular formula is C15H20N2O3S. The number of aromatic amines is 1. The van der Waals surface area contributed by atoms with Crippen LogP contribution in [0, 0.1) is 4.77 Å². The average molecular weight is 308 g/mol. The molecule has 5 nitrogen and oxygen atoms in total. The van der Waals surface area contributed by atoms with Crippen molar-refractivity contribution in [2.75, 3.05) is 20.8 Å². The number of nitrogens with one attached hydrogen (secondary N) is 1. The number of imidazole rings is 1. The summed E-state index contributed by atoms with van der Waals surface area (Å²) in [7, 11) is 3.27. The Balaban J connectivity index is 2.13. The van der Waals surface area contributed by atoms with E-state index in [2.05, 4.69) is 16.5 Å². The number of hydrogen-bond acceptors (Lipinski definition) is 4. The van der Waals surface area contributed by atoms with Crippen LogP contribution in [0.3, 0.4) is 0 Å². The molecule has 114 valence electrons. The lowest BCUT2D eigenvalue weighted by Gasteiger charge is -2.21. The van der Waals surface area contributed by atoms with Crippen molar-refractivity contribution < 1.29 is 14.2 Å². The van der Waals surface area contributed by atoms with Gasteiger partial charge in [0.25, 0.3) is 0 Å². The van der Waals surface area contributed by atoms with Gasteiger partial charge in [-0.3, -0.25) is 0 Å². The number of ether oxygens (including phenoxy) is 3.